The highest BCUT2D eigenvalue weighted by Gasteiger charge is 2.24. The van der Waals surface area contributed by atoms with Gasteiger partial charge < -0.3 is 24.0 Å². The van der Waals surface area contributed by atoms with Gasteiger partial charge in [-0.2, -0.15) is 0 Å². The van der Waals surface area contributed by atoms with Crippen molar-refractivity contribution >= 4 is 51.0 Å². The standard InChI is InChI=1S/C31H31FN2O7S/c1-20(17-29(35)36)33(19-21-7-6-8-23(32)18-21)27-15-16-28(26-10-5-4-9-25(26)27)34(42(38)39)24-13-11-22(12-14-24)30(40-2)31(37)41-3/h4-16,18,20,30H,17,19H2,1-3H3,(H,35,36)(H,38,39)/p-1/t20-,30?/m0/s1. The Labute approximate surface area is 245 Å². The highest BCUT2D eigenvalue weighted by Crippen LogP contribution is 2.39. The Morgan fingerprint density at radius 2 is 1.60 bits per heavy atom. The van der Waals surface area contributed by atoms with Crippen LogP contribution in [0, 0.1) is 5.82 Å². The Bertz CT molecular complexity index is 1600. The van der Waals surface area contributed by atoms with Crippen molar-refractivity contribution in [2.24, 2.45) is 0 Å². The number of halogens is 1. The number of carboxylic acid groups (broad SMARTS) is 1. The van der Waals surface area contributed by atoms with E-state index in [0.717, 1.165) is 4.31 Å². The number of carboxylic acids is 1. The number of hydrogen-bond donors (Lipinski definition) is 1. The van der Waals surface area contributed by atoms with Gasteiger partial charge in [0.2, 0.25) is 0 Å². The summed E-state index contributed by atoms with van der Waals surface area (Å²) in [4.78, 5) is 25.6. The molecule has 0 bridgehead atoms. The van der Waals surface area contributed by atoms with Gasteiger partial charge in [-0.1, -0.05) is 48.5 Å². The van der Waals surface area contributed by atoms with Crippen LogP contribution in [0.25, 0.3) is 10.8 Å². The van der Waals surface area contributed by atoms with Crippen LogP contribution in [0.1, 0.15) is 30.6 Å². The Kier molecular flexibility index (Phi) is 9.89. The fourth-order valence-electron chi connectivity index (χ4n) is 4.93. The predicted molar refractivity (Wildman–Crippen MR) is 158 cm³/mol. The summed E-state index contributed by atoms with van der Waals surface area (Å²) in [6.07, 6.45) is -1.13. The number of esters is 1. The molecule has 42 heavy (non-hydrogen) atoms. The van der Waals surface area contributed by atoms with Gasteiger partial charge in [-0.05, 0) is 54.4 Å². The highest BCUT2D eigenvalue weighted by molar-refractivity contribution is 7.81. The molecule has 0 heterocycles. The number of rotatable bonds is 12. The van der Waals surface area contributed by atoms with Crippen molar-refractivity contribution in [1.29, 1.82) is 0 Å². The number of methoxy groups -OCH3 is 2. The molecular formula is C31H30FN2O7S-. The predicted octanol–water partition coefficient (Wildman–Crippen LogP) is 5.64. The van der Waals surface area contributed by atoms with Crippen LogP contribution in [-0.4, -0.2) is 46.1 Å². The van der Waals surface area contributed by atoms with Gasteiger partial charge in [0, 0.05) is 36.2 Å². The van der Waals surface area contributed by atoms with Gasteiger partial charge in [-0.3, -0.25) is 13.3 Å². The van der Waals surface area contributed by atoms with E-state index in [1.165, 1.54) is 26.4 Å². The van der Waals surface area contributed by atoms with E-state index >= 15 is 0 Å². The van der Waals surface area contributed by atoms with Crippen LogP contribution in [0.2, 0.25) is 0 Å². The fourth-order valence-corrected chi connectivity index (χ4v) is 5.55. The lowest BCUT2D eigenvalue weighted by Gasteiger charge is -2.34. The number of carbonyl (C=O) groups excluding carboxylic acids is 1. The summed E-state index contributed by atoms with van der Waals surface area (Å²) in [6, 6.07) is 22.5. The zero-order valence-corrected chi connectivity index (χ0v) is 24.0. The Morgan fingerprint density at radius 3 is 2.17 bits per heavy atom. The van der Waals surface area contributed by atoms with Crippen molar-refractivity contribution in [2.75, 3.05) is 23.4 Å². The second kappa shape index (κ2) is 13.6. The molecule has 3 atom stereocenters. The largest absolute Gasteiger partial charge is 0.755 e. The van der Waals surface area contributed by atoms with Crippen LogP contribution in [0.5, 0.6) is 0 Å². The minimum Gasteiger partial charge on any atom is -0.755 e. The molecule has 0 aliphatic heterocycles. The molecule has 1 N–H and O–H groups in total. The normalized spacial score (nSPS) is 13.3. The van der Waals surface area contributed by atoms with Crippen LogP contribution in [0.4, 0.5) is 21.5 Å². The van der Waals surface area contributed by atoms with Gasteiger partial charge >= 0.3 is 11.9 Å². The third-order valence-electron chi connectivity index (χ3n) is 6.88. The number of nitrogens with zero attached hydrogens (tertiary/aromatic N) is 2. The molecule has 0 amide bonds. The molecule has 0 radical (unpaired) electrons. The van der Waals surface area contributed by atoms with E-state index < -0.39 is 41.2 Å². The maximum Gasteiger partial charge on any atom is 0.339 e. The molecule has 2 unspecified atom stereocenters. The lowest BCUT2D eigenvalue weighted by atomic mass is 10.0. The molecule has 0 spiro atoms. The van der Waals surface area contributed by atoms with E-state index in [1.807, 2.05) is 17.0 Å². The van der Waals surface area contributed by atoms with Crippen molar-refractivity contribution in [3.05, 3.63) is 102 Å². The summed E-state index contributed by atoms with van der Waals surface area (Å²) >= 11 is -2.73. The van der Waals surface area contributed by atoms with E-state index in [1.54, 1.807) is 67.6 Å². The van der Waals surface area contributed by atoms with Crippen molar-refractivity contribution in [2.45, 2.75) is 32.0 Å². The van der Waals surface area contributed by atoms with E-state index in [4.69, 9.17) is 9.47 Å². The maximum atomic E-state index is 14.0. The SMILES string of the molecule is COC(=O)C(OC)c1ccc(N(c2ccc(N(Cc3cccc(F)c3)[C@@H](C)CC(=O)O)c3ccccc23)S(=O)[O-])cc1. The first-order chi connectivity index (χ1) is 20.1. The molecule has 4 aromatic carbocycles. The Hall–Kier alpha value is -4.32. The van der Waals surface area contributed by atoms with E-state index in [-0.39, 0.29) is 13.0 Å². The van der Waals surface area contributed by atoms with Gasteiger partial charge in [0.05, 0.1) is 36.2 Å². The third kappa shape index (κ3) is 6.76. The summed E-state index contributed by atoms with van der Waals surface area (Å²) in [5, 5.41) is 10.8. The number of carbonyl (C=O) groups is 2. The Balaban J connectivity index is 1.81. The summed E-state index contributed by atoms with van der Waals surface area (Å²) in [7, 11) is 2.62. The first kappa shape index (κ1) is 30.6. The molecule has 9 nitrogen and oxygen atoms in total. The molecule has 4 rings (SSSR count). The number of fused-ring (bicyclic) bond motifs is 1. The van der Waals surface area contributed by atoms with Crippen LogP contribution in [0.15, 0.2) is 84.9 Å². The van der Waals surface area contributed by atoms with Gasteiger partial charge in [0.15, 0.2) is 6.10 Å². The van der Waals surface area contributed by atoms with Crippen molar-refractivity contribution in [3.8, 4) is 0 Å². The van der Waals surface area contributed by atoms with Crippen LogP contribution in [0.3, 0.4) is 0 Å². The van der Waals surface area contributed by atoms with Crippen molar-refractivity contribution in [3.63, 3.8) is 0 Å². The molecule has 4 aromatic rings. The lowest BCUT2D eigenvalue weighted by molar-refractivity contribution is -0.152. The van der Waals surface area contributed by atoms with Gasteiger partial charge in [-0.15, -0.1) is 0 Å². The van der Waals surface area contributed by atoms with E-state index in [9.17, 15) is 27.8 Å². The molecule has 0 saturated heterocycles. The zero-order chi connectivity index (χ0) is 30.4. The second-order valence-electron chi connectivity index (χ2n) is 9.60. The molecular weight excluding hydrogens is 563 g/mol. The minimum atomic E-state index is -2.73. The van der Waals surface area contributed by atoms with Gasteiger partial charge in [-0.25, -0.2) is 9.18 Å². The number of hydrogen-bond acceptors (Lipinski definition) is 7. The lowest BCUT2D eigenvalue weighted by Crippen LogP contribution is -2.34. The Morgan fingerprint density at radius 1 is 0.952 bits per heavy atom. The number of aliphatic carboxylic acids is 1. The van der Waals surface area contributed by atoms with Crippen LogP contribution < -0.4 is 9.21 Å². The van der Waals surface area contributed by atoms with Gasteiger partial charge in [0.1, 0.15) is 5.82 Å². The average molecular weight is 594 g/mol. The topological polar surface area (TPSA) is 119 Å². The minimum absolute atomic E-state index is 0.164. The molecule has 0 aliphatic rings. The van der Waals surface area contributed by atoms with Crippen molar-refractivity contribution < 1.29 is 37.3 Å². The maximum absolute atomic E-state index is 14.0. The quantitative estimate of drug-likeness (QED) is 0.166. The number of ether oxygens (including phenoxy) is 2. The van der Waals surface area contributed by atoms with E-state index in [0.29, 0.717) is 39.0 Å². The number of benzene rings is 4. The van der Waals surface area contributed by atoms with Crippen LogP contribution in [-0.2, 0) is 36.9 Å². The summed E-state index contributed by atoms with van der Waals surface area (Å²) in [5.74, 6) is -1.97. The monoisotopic (exact) mass is 593 g/mol. The highest BCUT2D eigenvalue weighted by atomic mass is 32.2. The van der Waals surface area contributed by atoms with E-state index in [2.05, 4.69) is 0 Å². The first-order valence-corrected chi connectivity index (χ1v) is 14.0. The zero-order valence-electron chi connectivity index (χ0n) is 23.2. The van der Waals surface area contributed by atoms with Crippen LogP contribution >= 0.6 is 0 Å². The molecule has 11 heteroatoms. The number of anilines is 3. The fraction of sp³-hybridized carbons (Fsp3) is 0.226. The smallest absolute Gasteiger partial charge is 0.339 e. The summed E-state index contributed by atoms with van der Waals surface area (Å²) < 4.78 is 50.4. The molecule has 0 aromatic heterocycles. The van der Waals surface area contributed by atoms with Crippen molar-refractivity contribution in [1.82, 2.24) is 0 Å². The second-order valence-corrected chi connectivity index (χ2v) is 10.4. The molecule has 220 valence electrons. The summed E-state index contributed by atoms with van der Waals surface area (Å²) in [5.41, 5.74) is 2.50. The third-order valence-corrected chi connectivity index (χ3v) is 7.59. The molecule has 0 saturated carbocycles. The average Bonchev–Trinajstić information content (AvgIpc) is 2.97. The molecule has 0 fully saturated rings. The summed E-state index contributed by atoms with van der Waals surface area (Å²) in [6.45, 7) is 2.01. The van der Waals surface area contributed by atoms with Gasteiger partial charge in [0.25, 0.3) is 0 Å². The molecule has 0 aliphatic carbocycles. The first-order valence-electron chi connectivity index (χ1n) is 13.0.